The molecule has 0 amide bonds. The third-order valence-corrected chi connectivity index (χ3v) is 13.3. The molecule has 11 nitrogen and oxygen atoms in total. The number of likely N-dealkylation sites (N-methyl/N-ethyl adjacent to an activating group) is 1. The summed E-state index contributed by atoms with van der Waals surface area (Å²) in [4.78, 5) is 37.5. The number of rotatable bonds is 53. The van der Waals surface area contributed by atoms with Gasteiger partial charge >= 0.3 is 11.9 Å². The van der Waals surface area contributed by atoms with E-state index in [2.05, 4.69) is 32.9 Å². The average molecular weight is 1000 g/mol. The fourth-order valence-electron chi connectivity index (χ4n) is 7.82. The Kier molecular flexibility index (Phi) is 55.0. The molecule has 0 rings (SSSR count). The zero-order chi connectivity index (χ0) is 51.2. The Labute approximate surface area is 427 Å². The number of ether oxygens (including phenoxy) is 4. The van der Waals surface area contributed by atoms with E-state index in [4.69, 9.17) is 28.0 Å². The minimum atomic E-state index is -4.62. The van der Waals surface area contributed by atoms with Crippen LogP contribution in [0.15, 0.2) is 12.2 Å². The van der Waals surface area contributed by atoms with Crippen molar-refractivity contribution < 1.29 is 51.5 Å². The molecule has 0 aliphatic carbocycles. The second kappa shape index (κ2) is 54.4. The average Bonchev–Trinajstić information content (AvgIpc) is 3.31. The number of unbranched alkanes of at least 4 members (excludes halogenated alkanes) is 32. The molecule has 0 fully saturated rings. The van der Waals surface area contributed by atoms with Crippen LogP contribution in [0.4, 0.5) is 0 Å². The fourth-order valence-corrected chi connectivity index (χ4v) is 8.55. The molecule has 412 valence electrons. The van der Waals surface area contributed by atoms with Crippen LogP contribution in [0.1, 0.15) is 265 Å². The third kappa shape index (κ3) is 60.9. The van der Waals surface area contributed by atoms with Crippen LogP contribution in [-0.2, 0) is 42.1 Å². The lowest BCUT2D eigenvalue weighted by Gasteiger charge is -2.28. The second-order valence-corrected chi connectivity index (χ2v) is 21.9. The van der Waals surface area contributed by atoms with Crippen LogP contribution >= 0.6 is 7.82 Å². The molecular weight excluding hydrogens is 890 g/mol. The molecule has 0 heterocycles. The van der Waals surface area contributed by atoms with Gasteiger partial charge in [0, 0.05) is 26.6 Å². The van der Waals surface area contributed by atoms with E-state index in [0.717, 1.165) is 71.2 Å². The van der Waals surface area contributed by atoms with Crippen molar-refractivity contribution in [3.8, 4) is 0 Å². The molecule has 0 radical (unpaired) electrons. The van der Waals surface area contributed by atoms with E-state index in [1.54, 1.807) is 7.11 Å². The summed E-state index contributed by atoms with van der Waals surface area (Å²) in [5.74, 6) is -0.834. The van der Waals surface area contributed by atoms with Crippen molar-refractivity contribution in [1.82, 2.24) is 0 Å². The molecule has 2 atom stereocenters. The van der Waals surface area contributed by atoms with E-state index in [0.29, 0.717) is 17.4 Å². The molecule has 0 aliphatic rings. The number of phosphoric ester groups is 1. The van der Waals surface area contributed by atoms with Gasteiger partial charge in [-0.15, -0.1) is 0 Å². The van der Waals surface area contributed by atoms with Gasteiger partial charge in [0.25, 0.3) is 7.82 Å². The van der Waals surface area contributed by atoms with E-state index < -0.39 is 26.5 Å². The lowest BCUT2D eigenvalue weighted by Crippen LogP contribution is -2.37. The molecule has 0 aromatic heterocycles. The van der Waals surface area contributed by atoms with Crippen molar-refractivity contribution in [3.05, 3.63) is 12.2 Å². The zero-order valence-corrected chi connectivity index (χ0v) is 47.4. The molecule has 0 saturated heterocycles. The van der Waals surface area contributed by atoms with Crippen molar-refractivity contribution >= 4 is 19.8 Å². The highest BCUT2D eigenvalue weighted by molar-refractivity contribution is 7.45. The van der Waals surface area contributed by atoms with Gasteiger partial charge in [-0.25, -0.2) is 0 Å². The highest BCUT2D eigenvalue weighted by Gasteiger charge is 2.22. The Morgan fingerprint density at radius 1 is 0.478 bits per heavy atom. The number of hydrogen-bond acceptors (Lipinski definition) is 10. The summed E-state index contributed by atoms with van der Waals surface area (Å²) in [6.45, 7) is 8.86. The molecular formula is C57H114NO10P. The van der Waals surface area contributed by atoms with Crippen LogP contribution in [0.5, 0.6) is 0 Å². The number of nitrogens with zero attached hydrogens (tertiary/aromatic N) is 1. The first-order valence-corrected chi connectivity index (χ1v) is 30.3. The summed E-state index contributed by atoms with van der Waals surface area (Å²) in [6.07, 6.45) is 48.9. The van der Waals surface area contributed by atoms with Gasteiger partial charge in [-0.3, -0.25) is 14.2 Å². The van der Waals surface area contributed by atoms with Crippen molar-refractivity contribution in [1.29, 1.82) is 0 Å². The topological polar surface area (TPSA) is 130 Å². The number of carbonyl (C=O) groups excluding carboxylic acids is 2. The molecule has 0 bridgehead atoms. The lowest BCUT2D eigenvalue weighted by atomic mass is 10.0. The Hall–Kier alpha value is -1.33. The Morgan fingerprint density at radius 3 is 1.29 bits per heavy atom. The summed E-state index contributed by atoms with van der Waals surface area (Å²) >= 11 is 0. The summed E-state index contributed by atoms with van der Waals surface area (Å²) in [5, 5.41) is 0. The Bertz CT molecular complexity index is 1140. The van der Waals surface area contributed by atoms with E-state index in [1.165, 1.54) is 173 Å². The van der Waals surface area contributed by atoms with Crippen LogP contribution in [-0.4, -0.2) is 97.0 Å². The molecule has 2 unspecified atom stereocenters. The molecule has 0 N–H and O–H groups in total. The number of esters is 2. The van der Waals surface area contributed by atoms with Gasteiger partial charge in [0.05, 0.1) is 41.0 Å². The maximum absolute atomic E-state index is 12.7. The summed E-state index contributed by atoms with van der Waals surface area (Å²) in [7, 11) is 2.88. The summed E-state index contributed by atoms with van der Waals surface area (Å²) in [6, 6.07) is 0. The van der Waals surface area contributed by atoms with Crippen molar-refractivity contribution in [3.63, 3.8) is 0 Å². The first-order valence-electron chi connectivity index (χ1n) is 28.9. The second-order valence-electron chi connectivity index (χ2n) is 20.5. The van der Waals surface area contributed by atoms with Crippen molar-refractivity contribution in [2.24, 2.45) is 0 Å². The summed E-state index contributed by atoms with van der Waals surface area (Å²) in [5.41, 5.74) is 0. The predicted octanol–water partition coefficient (Wildman–Crippen LogP) is 15.7. The van der Waals surface area contributed by atoms with Gasteiger partial charge in [-0.1, -0.05) is 219 Å². The molecule has 0 saturated carbocycles. The highest BCUT2D eigenvalue weighted by Crippen LogP contribution is 2.38. The predicted molar refractivity (Wildman–Crippen MR) is 288 cm³/mol. The van der Waals surface area contributed by atoms with Crippen LogP contribution in [0.25, 0.3) is 0 Å². The fraction of sp³-hybridized carbons (Fsp3) is 0.930. The van der Waals surface area contributed by atoms with Gasteiger partial charge in [-0.2, -0.15) is 0 Å². The quantitative estimate of drug-likeness (QED) is 0.0191. The molecule has 0 aliphatic heterocycles. The van der Waals surface area contributed by atoms with Gasteiger partial charge in [0.1, 0.15) is 19.8 Å². The number of hydrogen-bond donors (Lipinski definition) is 0. The monoisotopic (exact) mass is 1000 g/mol. The molecule has 0 spiro atoms. The number of methoxy groups -OCH3 is 1. The Morgan fingerprint density at radius 2 is 0.870 bits per heavy atom. The molecule has 0 aromatic rings. The smallest absolute Gasteiger partial charge is 0.306 e. The van der Waals surface area contributed by atoms with Gasteiger partial charge < -0.3 is 37.4 Å². The first kappa shape index (κ1) is 69.7. The maximum atomic E-state index is 12.7. The SMILES string of the molecule is CCCCCCCC/C=C\CCCCCCCC(=O)OCC(COP(=O)([O-])OCC[N+](C)(C)C)OC(=O)CCCCCCCCCCCCCCCCC.CCCCCCCCCCOCCOC. The van der Waals surface area contributed by atoms with Crippen molar-refractivity contribution in [2.45, 2.75) is 271 Å². The molecule has 12 heteroatoms. The van der Waals surface area contributed by atoms with E-state index in [-0.39, 0.29) is 32.0 Å². The van der Waals surface area contributed by atoms with Crippen molar-refractivity contribution in [2.75, 3.05) is 74.4 Å². The minimum Gasteiger partial charge on any atom is -0.756 e. The zero-order valence-electron chi connectivity index (χ0n) is 46.5. The first-order chi connectivity index (χ1) is 33.4. The van der Waals surface area contributed by atoms with E-state index >= 15 is 0 Å². The highest BCUT2D eigenvalue weighted by atomic mass is 31.2. The van der Waals surface area contributed by atoms with Gasteiger partial charge in [0.15, 0.2) is 6.10 Å². The standard InChI is InChI=1S/C44H86NO8P.C13H28O2/c1-6-8-10-12-14-16-18-20-22-24-26-28-30-32-34-36-43(46)50-40-42(41-52-54(48,49)51-39-38-45(3,4)5)53-44(47)37-35-33-31-29-27-25-23-21-19-17-15-13-11-9-7-2;1-3-4-5-6-7-8-9-10-11-15-13-12-14-2/h20,22,42H,6-19,21,23-41H2,1-5H3;3-13H2,1-2H3/b22-20-;. The number of allylic oxidation sites excluding steroid dienone is 2. The van der Waals surface area contributed by atoms with E-state index in [9.17, 15) is 19.0 Å². The van der Waals surface area contributed by atoms with Gasteiger partial charge in [-0.05, 0) is 44.9 Å². The van der Waals surface area contributed by atoms with Crippen LogP contribution < -0.4 is 4.89 Å². The summed E-state index contributed by atoms with van der Waals surface area (Å²) < 4.78 is 44.2. The number of quaternary nitrogens is 1. The molecule has 0 aromatic carbocycles. The van der Waals surface area contributed by atoms with Crippen LogP contribution in [0, 0.1) is 0 Å². The molecule has 69 heavy (non-hydrogen) atoms. The lowest BCUT2D eigenvalue weighted by molar-refractivity contribution is -0.870. The third-order valence-electron chi connectivity index (χ3n) is 12.4. The van der Waals surface area contributed by atoms with Crippen LogP contribution in [0.3, 0.4) is 0 Å². The normalized spacial score (nSPS) is 13.0. The minimum absolute atomic E-state index is 0.0289. The number of phosphoric acid groups is 1. The van der Waals surface area contributed by atoms with Gasteiger partial charge in [0.2, 0.25) is 0 Å². The largest absolute Gasteiger partial charge is 0.756 e. The Balaban J connectivity index is 0. The van der Waals surface area contributed by atoms with Crippen LogP contribution in [0.2, 0.25) is 0 Å². The maximum Gasteiger partial charge on any atom is 0.306 e. The number of carbonyl (C=O) groups is 2. The van der Waals surface area contributed by atoms with E-state index in [1.807, 2.05) is 21.1 Å².